The molecule has 7 nitrogen and oxygen atoms in total. The van der Waals surface area contributed by atoms with Crippen LogP contribution >= 0.6 is 23.2 Å². The third-order valence-corrected chi connectivity index (χ3v) is 6.31. The fraction of sp³-hybridized carbons (Fsp3) is 0.154. The molecule has 2 heterocycles. The lowest BCUT2D eigenvalue weighted by Gasteiger charge is -2.25. The number of likely N-dealkylation sites (tertiary alicyclic amines) is 1. The van der Waals surface area contributed by atoms with E-state index in [1.54, 1.807) is 55.7 Å². The largest absolute Gasteiger partial charge is 0.507 e. The second-order valence-corrected chi connectivity index (χ2v) is 8.57. The molecule has 1 amide bonds. The van der Waals surface area contributed by atoms with E-state index in [4.69, 9.17) is 27.9 Å². The van der Waals surface area contributed by atoms with Gasteiger partial charge in [0.1, 0.15) is 5.76 Å². The maximum Gasteiger partial charge on any atom is 0.338 e. The molecule has 0 aliphatic carbocycles. The number of nitrogens with zero attached hydrogens (tertiary/aromatic N) is 2. The minimum Gasteiger partial charge on any atom is -0.507 e. The molecular formula is C26H20Cl2N2O5. The molecule has 1 saturated heterocycles. The van der Waals surface area contributed by atoms with Crippen molar-refractivity contribution < 1.29 is 24.2 Å². The van der Waals surface area contributed by atoms with Crippen molar-refractivity contribution in [3.05, 3.63) is 105 Å². The van der Waals surface area contributed by atoms with Crippen LogP contribution in [-0.2, 0) is 20.9 Å². The van der Waals surface area contributed by atoms with Gasteiger partial charge in [-0.05, 0) is 60.5 Å². The van der Waals surface area contributed by atoms with Crippen molar-refractivity contribution in [3.63, 3.8) is 0 Å². The number of hydrogen-bond donors (Lipinski definition) is 1. The maximum atomic E-state index is 13.1. The quantitative estimate of drug-likeness (QED) is 0.212. The lowest BCUT2D eigenvalue weighted by Crippen LogP contribution is -2.29. The number of aromatic nitrogens is 1. The summed E-state index contributed by atoms with van der Waals surface area (Å²) in [6.45, 7) is 2.05. The summed E-state index contributed by atoms with van der Waals surface area (Å²) >= 11 is 12.1. The molecule has 0 spiro atoms. The van der Waals surface area contributed by atoms with Gasteiger partial charge < -0.3 is 14.7 Å². The van der Waals surface area contributed by atoms with Crippen molar-refractivity contribution in [1.82, 2.24) is 9.88 Å². The number of amides is 1. The second-order valence-electron chi connectivity index (χ2n) is 7.75. The minimum absolute atomic E-state index is 0.0669. The van der Waals surface area contributed by atoms with Gasteiger partial charge in [-0.1, -0.05) is 35.3 Å². The number of hydrogen-bond acceptors (Lipinski definition) is 6. The Kier molecular flexibility index (Phi) is 7.19. The number of pyridine rings is 1. The highest BCUT2D eigenvalue weighted by Gasteiger charge is 2.46. The number of esters is 1. The normalized spacial score (nSPS) is 17.0. The van der Waals surface area contributed by atoms with Crippen LogP contribution in [0.3, 0.4) is 0 Å². The van der Waals surface area contributed by atoms with Crippen LogP contribution in [0.2, 0.25) is 10.0 Å². The summed E-state index contributed by atoms with van der Waals surface area (Å²) in [4.78, 5) is 43.6. The molecule has 178 valence electrons. The van der Waals surface area contributed by atoms with Crippen LogP contribution in [0.5, 0.6) is 0 Å². The SMILES string of the molecule is CCOC(=O)c1ccc(CN2C(=O)C(=O)/C(=C(\O)c3ccc(Cl)c(Cl)c3)C2c2ccncc2)cc1. The Labute approximate surface area is 211 Å². The first-order chi connectivity index (χ1) is 16.8. The van der Waals surface area contributed by atoms with Crippen LogP contribution in [0.4, 0.5) is 0 Å². The highest BCUT2D eigenvalue weighted by Crippen LogP contribution is 2.40. The predicted octanol–water partition coefficient (Wildman–Crippen LogP) is 5.19. The molecule has 1 atom stereocenters. The Morgan fingerprint density at radius 2 is 1.66 bits per heavy atom. The summed E-state index contributed by atoms with van der Waals surface area (Å²) in [5, 5.41) is 11.6. The molecule has 1 aliphatic rings. The zero-order valence-electron chi connectivity index (χ0n) is 18.6. The molecule has 4 rings (SSSR count). The number of Topliss-reactive ketones (excluding diaryl/α,β-unsaturated/α-hetero) is 1. The lowest BCUT2D eigenvalue weighted by molar-refractivity contribution is -0.140. The third kappa shape index (κ3) is 4.92. The summed E-state index contributed by atoms with van der Waals surface area (Å²) in [6.07, 6.45) is 3.09. The number of benzene rings is 2. The van der Waals surface area contributed by atoms with Gasteiger partial charge >= 0.3 is 5.97 Å². The zero-order chi connectivity index (χ0) is 25.1. The van der Waals surface area contributed by atoms with E-state index in [1.807, 2.05) is 0 Å². The predicted molar refractivity (Wildman–Crippen MR) is 131 cm³/mol. The van der Waals surface area contributed by atoms with Crippen LogP contribution < -0.4 is 0 Å². The lowest BCUT2D eigenvalue weighted by atomic mass is 9.96. The van der Waals surface area contributed by atoms with Gasteiger partial charge in [-0.25, -0.2) is 4.79 Å². The molecular weight excluding hydrogens is 491 g/mol. The Balaban J connectivity index is 1.76. The molecule has 9 heteroatoms. The van der Waals surface area contributed by atoms with Gasteiger partial charge in [-0.2, -0.15) is 0 Å². The number of ether oxygens (including phenoxy) is 1. The Morgan fingerprint density at radius 1 is 1.00 bits per heavy atom. The molecule has 1 aliphatic heterocycles. The summed E-state index contributed by atoms with van der Waals surface area (Å²) in [5.74, 6) is -2.39. The standard InChI is InChI=1S/C26H20Cl2N2O5/c1-2-35-26(34)17-5-3-15(4-6-17)14-30-22(16-9-11-29-12-10-16)21(24(32)25(30)33)23(31)18-7-8-19(27)20(28)13-18/h3-13,22,31H,2,14H2,1H3/b23-21-. The van der Waals surface area contributed by atoms with Gasteiger partial charge in [-0.15, -0.1) is 0 Å². The molecule has 1 fully saturated rings. The van der Waals surface area contributed by atoms with Crippen LogP contribution in [0.15, 0.2) is 72.6 Å². The molecule has 0 radical (unpaired) electrons. The van der Waals surface area contributed by atoms with Crippen molar-refractivity contribution in [3.8, 4) is 0 Å². The number of aliphatic hydroxyl groups excluding tert-OH is 1. The van der Waals surface area contributed by atoms with Crippen LogP contribution in [0, 0.1) is 0 Å². The van der Waals surface area contributed by atoms with Crippen molar-refractivity contribution in [1.29, 1.82) is 0 Å². The zero-order valence-corrected chi connectivity index (χ0v) is 20.1. The molecule has 2 aromatic carbocycles. The number of carbonyl (C=O) groups excluding carboxylic acids is 3. The van der Waals surface area contributed by atoms with Crippen LogP contribution in [-0.4, -0.2) is 39.3 Å². The van der Waals surface area contributed by atoms with Crippen LogP contribution in [0.25, 0.3) is 5.76 Å². The first-order valence-corrected chi connectivity index (χ1v) is 11.5. The van der Waals surface area contributed by atoms with E-state index in [0.29, 0.717) is 21.7 Å². The van der Waals surface area contributed by atoms with Crippen LogP contribution in [0.1, 0.15) is 40.0 Å². The van der Waals surface area contributed by atoms with Gasteiger partial charge in [0.15, 0.2) is 0 Å². The van der Waals surface area contributed by atoms with Crippen molar-refractivity contribution >= 4 is 46.6 Å². The van der Waals surface area contributed by atoms with Crippen molar-refractivity contribution in [2.45, 2.75) is 19.5 Å². The fourth-order valence-electron chi connectivity index (χ4n) is 3.89. The number of carbonyl (C=O) groups is 3. The Hall–Kier alpha value is -3.68. The van der Waals surface area contributed by atoms with E-state index in [-0.39, 0.29) is 35.1 Å². The number of ketones is 1. The Bertz CT molecular complexity index is 1320. The molecule has 0 bridgehead atoms. The molecule has 1 N–H and O–H groups in total. The Morgan fingerprint density at radius 3 is 2.29 bits per heavy atom. The summed E-state index contributed by atoms with van der Waals surface area (Å²) in [5.41, 5.74) is 1.86. The maximum absolute atomic E-state index is 13.1. The first kappa shape index (κ1) is 24.4. The van der Waals surface area contributed by atoms with E-state index in [0.717, 1.165) is 0 Å². The van der Waals surface area contributed by atoms with Gasteiger partial charge in [-0.3, -0.25) is 14.6 Å². The molecule has 35 heavy (non-hydrogen) atoms. The van der Waals surface area contributed by atoms with E-state index in [1.165, 1.54) is 23.1 Å². The summed E-state index contributed by atoms with van der Waals surface area (Å²) < 4.78 is 5.00. The van der Waals surface area contributed by atoms with Gasteiger partial charge in [0.2, 0.25) is 0 Å². The summed E-state index contributed by atoms with van der Waals surface area (Å²) in [7, 11) is 0. The van der Waals surface area contributed by atoms with Crippen molar-refractivity contribution in [2.24, 2.45) is 0 Å². The fourth-order valence-corrected chi connectivity index (χ4v) is 4.19. The average Bonchev–Trinajstić information content (AvgIpc) is 3.11. The average molecular weight is 511 g/mol. The number of halogens is 2. The first-order valence-electron chi connectivity index (χ1n) is 10.7. The second kappa shape index (κ2) is 10.3. The molecule has 0 saturated carbocycles. The monoisotopic (exact) mass is 510 g/mol. The van der Waals surface area contributed by atoms with Gasteiger partial charge in [0, 0.05) is 24.5 Å². The minimum atomic E-state index is -0.864. The summed E-state index contributed by atoms with van der Waals surface area (Å²) in [6, 6.07) is 13.5. The van der Waals surface area contributed by atoms with E-state index in [9.17, 15) is 19.5 Å². The highest BCUT2D eigenvalue weighted by atomic mass is 35.5. The van der Waals surface area contributed by atoms with E-state index < -0.39 is 23.7 Å². The molecule has 3 aromatic rings. The molecule has 1 unspecified atom stereocenters. The van der Waals surface area contributed by atoms with Gasteiger partial charge in [0.05, 0.1) is 33.8 Å². The number of aliphatic hydroxyl groups is 1. The topological polar surface area (TPSA) is 96.8 Å². The molecule has 1 aromatic heterocycles. The van der Waals surface area contributed by atoms with Gasteiger partial charge in [0.25, 0.3) is 11.7 Å². The number of rotatable bonds is 6. The highest BCUT2D eigenvalue weighted by molar-refractivity contribution is 6.46. The van der Waals surface area contributed by atoms with E-state index in [2.05, 4.69) is 4.98 Å². The van der Waals surface area contributed by atoms with E-state index >= 15 is 0 Å². The smallest absolute Gasteiger partial charge is 0.338 e. The third-order valence-electron chi connectivity index (χ3n) is 5.57. The van der Waals surface area contributed by atoms with Crippen molar-refractivity contribution in [2.75, 3.05) is 6.61 Å².